The standard InChI is InChI=1S/C24H39N3O12S3/c1-7(40)25-13-17(32)16(31)10(4-28)35-22(13)38-20-11(5-29)36-23(14(18(20)33)26-8(2)41)39-21-12(6-30)37-24-15(19(21)34)27-9(3)42-24/h10-24,28-34H,4-6H2,1-3H3,(H,25,40)(H,26,41)/t10-,11-,12-,13-,14-,15-,16-,17-,18-,19-,20-,21-,22+,23+,24-/m1/s1. The van der Waals surface area contributed by atoms with Crippen molar-refractivity contribution in [1.29, 1.82) is 0 Å². The Labute approximate surface area is 257 Å². The van der Waals surface area contributed by atoms with E-state index in [1.807, 2.05) is 0 Å². The molecule has 0 aromatic carbocycles. The van der Waals surface area contributed by atoms with E-state index in [9.17, 15) is 35.7 Å². The molecule has 4 aliphatic rings. The van der Waals surface area contributed by atoms with Crippen LogP contribution in [0.2, 0.25) is 0 Å². The second kappa shape index (κ2) is 14.6. The number of aliphatic hydroxyl groups excluding tert-OH is 7. The van der Waals surface area contributed by atoms with E-state index in [0.717, 1.165) is 0 Å². The highest BCUT2D eigenvalue weighted by atomic mass is 32.2. The van der Waals surface area contributed by atoms with Gasteiger partial charge in [0.1, 0.15) is 78.5 Å². The van der Waals surface area contributed by atoms with Crippen LogP contribution in [0, 0.1) is 0 Å². The molecule has 0 bridgehead atoms. The van der Waals surface area contributed by atoms with Crippen molar-refractivity contribution in [2.45, 2.75) is 112 Å². The molecule has 0 unspecified atom stereocenters. The zero-order chi connectivity index (χ0) is 30.9. The molecule has 4 aliphatic heterocycles. The highest BCUT2D eigenvalue weighted by Gasteiger charge is 2.54. The zero-order valence-electron chi connectivity index (χ0n) is 23.1. The highest BCUT2D eigenvalue weighted by Crippen LogP contribution is 2.39. The van der Waals surface area contributed by atoms with Gasteiger partial charge in [0.05, 0.1) is 34.8 Å². The molecular formula is C24H39N3O12S3. The first-order valence-corrected chi connectivity index (χ1v) is 15.2. The van der Waals surface area contributed by atoms with Crippen molar-refractivity contribution in [3.8, 4) is 0 Å². The fraction of sp³-hybridized carbons (Fsp3) is 0.875. The Hall–Kier alpha value is -0.680. The van der Waals surface area contributed by atoms with E-state index in [2.05, 4.69) is 15.6 Å². The van der Waals surface area contributed by atoms with Crippen molar-refractivity contribution in [3.63, 3.8) is 0 Å². The quantitative estimate of drug-likeness (QED) is 0.110. The molecule has 18 heteroatoms. The SMILES string of the molecule is CC(=S)N[C@H]1[C@H](O[C@H]2[C@H](O)[C@H]3N=C(C)S[C@H]3O[C@@H]2CO)O[C@H](CO)[C@@H](O[C@@H]2O[C@H](CO)[C@@H](O)[C@H](O)[C@H]2NC(C)=S)[C@@H]1O. The molecule has 240 valence electrons. The molecule has 15 atom stereocenters. The number of ether oxygens (including phenoxy) is 5. The maximum Gasteiger partial charge on any atom is 0.181 e. The van der Waals surface area contributed by atoms with Gasteiger partial charge in [0.2, 0.25) is 0 Å². The fourth-order valence-electron chi connectivity index (χ4n) is 5.50. The summed E-state index contributed by atoms with van der Waals surface area (Å²) in [5, 5.41) is 80.1. The van der Waals surface area contributed by atoms with Crippen LogP contribution in [0.5, 0.6) is 0 Å². The maximum atomic E-state index is 11.5. The summed E-state index contributed by atoms with van der Waals surface area (Å²) >= 11 is 11.6. The van der Waals surface area contributed by atoms with Crippen molar-refractivity contribution in [1.82, 2.24) is 10.6 Å². The van der Waals surface area contributed by atoms with Gasteiger partial charge in [0.25, 0.3) is 0 Å². The van der Waals surface area contributed by atoms with Gasteiger partial charge in [-0.2, -0.15) is 0 Å². The lowest BCUT2D eigenvalue weighted by molar-refractivity contribution is -0.344. The van der Waals surface area contributed by atoms with E-state index in [0.29, 0.717) is 5.04 Å². The number of aliphatic hydroxyl groups is 7. The summed E-state index contributed by atoms with van der Waals surface area (Å²) < 4.78 is 29.9. The third kappa shape index (κ3) is 7.24. The first-order valence-electron chi connectivity index (χ1n) is 13.5. The van der Waals surface area contributed by atoms with Crippen LogP contribution in [0.25, 0.3) is 0 Å². The van der Waals surface area contributed by atoms with Crippen LogP contribution in [-0.2, 0) is 23.7 Å². The summed E-state index contributed by atoms with van der Waals surface area (Å²) in [5.74, 6) is 0. The Morgan fingerprint density at radius 2 is 1.24 bits per heavy atom. The Balaban J connectivity index is 1.58. The second-order valence-corrected chi connectivity index (χ2v) is 13.1. The summed E-state index contributed by atoms with van der Waals surface area (Å²) in [4.78, 5) is 4.93. The van der Waals surface area contributed by atoms with Crippen LogP contribution in [0.15, 0.2) is 4.99 Å². The molecule has 0 aliphatic carbocycles. The second-order valence-electron chi connectivity index (χ2n) is 10.5. The van der Waals surface area contributed by atoms with Crippen molar-refractivity contribution in [3.05, 3.63) is 0 Å². The number of nitrogens with zero attached hydrogens (tertiary/aromatic N) is 1. The van der Waals surface area contributed by atoms with Crippen molar-refractivity contribution >= 4 is 51.2 Å². The maximum absolute atomic E-state index is 11.5. The molecule has 9 N–H and O–H groups in total. The number of rotatable bonds is 9. The molecular weight excluding hydrogens is 618 g/mol. The average Bonchev–Trinajstić information content (AvgIpc) is 3.32. The number of hydrogen-bond donors (Lipinski definition) is 9. The molecule has 4 rings (SSSR count). The van der Waals surface area contributed by atoms with Gasteiger partial charge in [0, 0.05) is 0 Å². The topological polar surface area (TPSA) is 224 Å². The van der Waals surface area contributed by atoms with Gasteiger partial charge in [0.15, 0.2) is 12.6 Å². The lowest BCUT2D eigenvalue weighted by Gasteiger charge is -2.49. The number of nitrogens with one attached hydrogen (secondary N) is 2. The third-order valence-corrected chi connectivity index (χ3v) is 8.80. The van der Waals surface area contributed by atoms with Crippen LogP contribution in [0.3, 0.4) is 0 Å². The minimum Gasteiger partial charge on any atom is -0.394 e. The minimum atomic E-state index is -1.49. The number of fused-ring (bicyclic) bond motifs is 1. The predicted molar refractivity (Wildman–Crippen MR) is 156 cm³/mol. The highest BCUT2D eigenvalue weighted by molar-refractivity contribution is 8.14. The van der Waals surface area contributed by atoms with Gasteiger partial charge >= 0.3 is 0 Å². The molecule has 0 amide bonds. The molecule has 0 saturated carbocycles. The number of thioether (sulfide) groups is 1. The molecule has 4 heterocycles. The summed E-state index contributed by atoms with van der Waals surface area (Å²) in [6.07, 6.45) is -14.2. The van der Waals surface area contributed by atoms with Crippen molar-refractivity contribution in [2.24, 2.45) is 4.99 Å². The van der Waals surface area contributed by atoms with E-state index in [4.69, 9.17) is 48.1 Å². The van der Waals surface area contributed by atoms with Crippen LogP contribution >= 0.6 is 36.2 Å². The van der Waals surface area contributed by atoms with Gasteiger partial charge < -0.3 is 70.1 Å². The normalized spacial score (nSPS) is 45.6. The van der Waals surface area contributed by atoms with E-state index in [1.54, 1.807) is 20.8 Å². The Morgan fingerprint density at radius 3 is 1.76 bits per heavy atom. The number of thiocarbonyl (C=S) groups is 2. The Bertz CT molecular complexity index is 1000. The van der Waals surface area contributed by atoms with Gasteiger partial charge in [-0.25, -0.2) is 0 Å². The Kier molecular flexibility index (Phi) is 11.9. The van der Waals surface area contributed by atoms with Crippen LogP contribution in [-0.4, -0.2) is 162 Å². The molecule has 3 fully saturated rings. The third-order valence-electron chi connectivity index (χ3n) is 7.49. The van der Waals surface area contributed by atoms with Crippen molar-refractivity contribution in [2.75, 3.05) is 19.8 Å². The Morgan fingerprint density at radius 1 is 0.762 bits per heavy atom. The molecule has 0 aromatic heterocycles. The van der Waals surface area contributed by atoms with Gasteiger partial charge in [-0.3, -0.25) is 4.99 Å². The summed E-state index contributed by atoms with van der Waals surface area (Å²) in [6.45, 7) is 3.12. The predicted octanol–water partition coefficient (Wildman–Crippen LogP) is -3.50. The van der Waals surface area contributed by atoms with Gasteiger partial charge in [-0.1, -0.05) is 36.2 Å². The lowest BCUT2D eigenvalue weighted by atomic mass is 9.94. The van der Waals surface area contributed by atoms with Gasteiger partial charge in [-0.15, -0.1) is 0 Å². The van der Waals surface area contributed by atoms with E-state index in [1.165, 1.54) is 11.8 Å². The van der Waals surface area contributed by atoms with E-state index < -0.39 is 111 Å². The first-order chi connectivity index (χ1) is 19.9. The monoisotopic (exact) mass is 657 g/mol. The van der Waals surface area contributed by atoms with Crippen LogP contribution in [0.1, 0.15) is 20.8 Å². The zero-order valence-corrected chi connectivity index (χ0v) is 25.6. The summed E-state index contributed by atoms with van der Waals surface area (Å²) in [7, 11) is 0. The molecule has 15 nitrogen and oxygen atoms in total. The van der Waals surface area contributed by atoms with E-state index >= 15 is 0 Å². The van der Waals surface area contributed by atoms with Crippen LogP contribution in [0.4, 0.5) is 0 Å². The summed E-state index contributed by atoms with van der Waals surface area (Å²) in [5.41, 5.74) is -0.500. The number of hydrogen-bond acceptors (Lipinski definition) is 16. The molecule has 3 saturated heterocycles. The first kappa shape index (κ1) is 34.2. The van der Waals surface area contributed by atoms with Crippen molar-refractivity contribution < 1.29 is 59.4 Å². The molecule has 42 heavy (non-hydrogen) atoms. The molecule has 0 aromatic rings. The molecule has 0 spiro atoms. The lowest BCUT2D eigenvalue weighted by Crippen LogP contribution is -2.70. The average molecular weight is 658 g/mol. The fourth-order valence-corrected chi connectivity index (χ4v) is 6.85. The largest absolute Gasteiger partial charge is 0.394 e. The van der Waals surface area contributed by atoms with E-state index in [-0.39, 0.29) is 9.98 Å². The number of aliphatic imine (C=N–C) groups is 1. The smallest absolute Gasteiger partial charge is 0.181 e. The van der Waals surface area contributed by atoms with Gasteiger partial charge in [-0.05, 0) is 20.8 Å². The molecule has 0 radical (unpaired) electrons. The summed E-state index contributed by atoms with van der Waals surface area (Å²) in [6, 6.07) is -2.88. The minimum absolute atomic E-state index is 0.253. The van der Waals surface area contributed by atoms with Crippen LogP contribution < -0.4 is 10.6 Å².